The summed E-state index contributed by atoms with van der Waals surface area (Å²) in [6, 6.07) is 16.0. The quantitative estimate of drug-likeness (QED) is 0.616. The van der Waals surface area contributed by atoms with E-state index in [1.807, 2.05) is 6.07 Å². The first kappa shape index (κ1) is 20.4. The molecule has 7 heteroatoms. The van der Waals surface area contributed by atoms with Gasteiger partial charge in [0.1, 0.15) is 11.4 Å². The van der Waals surface area contributed by atoms with Gasteiger partial charge in [0.15, 0.2) is 6.61 Å². The SMILES string of the molecule is CC(C)(C)OC(=O)COc1ccc(NC(=O)c2cc3ccc(C#N)cc3s2)cc1. The second kappa shape index (κ2) is 8.33. The Hall–Kier alpha value is -3.37. The predicted molar refractivity (Wildman–Crippen MR) is 112 cm³/mol. The van der Waals surface area contributed by atoms with Crippen molar-refractivity contribution in [3.63, 3.8) is 0 Å². The van der Waals surface area contributed by atoms with E-state index in [1.54, 1.807) is 63.2 Å². The second-order valence-electron chi connectivity index (χ2n) is 7.33. The lowest BCUT2D eigenvalue weighted by Gasteiger charge is -2.19. The third kappa shape index (κ3) is 5.56. The van der Waals surface area contributed by atoms with E-state index < -0.39 is 11.6 Å². The molecule has 0 saturated carbocycles. The number of hydrogen-bond acceptors (Lipinski definition) is 6. The number of anilines is 1. The largest absolute Gasteiger partial charge is 0.482 e. The van der Waals surface area contributed by atoms with E-state index >= 15 is 0 Å². The molecule has 0 atom stereocenters. The number of carbonyl (C=O) groups is 2. The van der Waals surface area contributed by atoms with E-state index in [0.717, 1.165) is 10.1 Å². The third-order valence-corrected chi connectivity index (χ3v) is 4.86. The van der Waals surface area contributed by atoms with Crippen molar-refractivity contribution in [2.24, 2.45) is 0 Å². The highest BCUT2D eigenvalue weighted by atomic mass is 32.1. The van der Waals surface area contributed by atoms with Crippen LogP contribution >= 0.6 is 11.3 Å². The van der Waals surface area contributed by atoms with Gasteiger partial charge in [-0.25, -0.2) is 4.79 Å². The Labute approximate surface area is 172 Å². The molecule has 3 aromatic rings. The van der Waals surface area contributed by atoms with Gasteiger partial charge in [0.05, 0.1) is 16.5 Å². The zero-order valence-corrected chi connectivity index (χ0v) is 17.1. The Morgan fingerprint density at radius 3 is 2.48 bits per heavy atom. The van der Waals surface area contributed by atoms with Gasteiger partial charge in [-0.15, -0.1) is 11.3 Å². The van der Waals surface area contributed by atoms with Crippen LogP contribution in [0.15, 0.2) is 48.5 Å². The molecule has 0 aliphatic rings. The average Bonchev–Trinajstić information content (AvgIpc) is 3.09. The van der Waals surface area contributed by atoms with Crippen LogP contribution in [0.25, 0.3) is 10.1 Å². The van der Waals surface area contributed by atoms with Crippen molar-refractivity contribution in [1.82, 2.24) is 0 Å². The number of carbonyl (C=O) groups excluding carboxylic acids is 2. The number of thiophene rings is 1. The number of amides is 1. The van der Waals surface area contributed by atoms with Crippen LogP contribution < -0.4 is 10.1 Å². The average molecular weight is 408 g/mol. The minimum absolute atomic E-state index is 0.185. The van der Waals surface area contributed by atoms with E-state index in [-0.39, 0.29) is 12.5 Å². The highest BCUT2D eigenvalue weighted by Gasteiger charge is 2.16. The monoisotopic (exact) mass is 408 g/mol. The summed E-state index contributed by atoms with van der Waals surface area (Å²) < 4.78 is 11.5. The molecule has 1 heterocycles. The van der Waals surface area contributed by atoms with Crippen molar-refractivity contribution in [2.75, 3.05) is 11.9 Å². The molecule has 29 heavy (non-hydrogen) atoms. The zero-order chi connectivity index (χ0) is 21.0. The highest BCUT2D eigenvalue weighted by molar-refractivity contribution is 7.20. The van der Waals surface area contributed by atoms with Gasteiger partial charge >= 0.3 is 5.97 Å². The molecule has 6 nitrogen and oxygen atoms in total. The maximum atomic E-state index is 12.5. The molecule has 0 aliphatic heterocycles. The van der Waals surface area contributed by atoms with Gasteiger partial charge in [0.25, 0.3) is 5.91 Å². The summed E-state index contributed by atoms with van der Waals surface area (Å²) in [6.45, 7) is 5.19. The van der Waals surface area contributed by atoms with Crippen LogP contribution in [0.2, 0.25) is 0 Å². The molecule has 1 N–H and O–H groups in total. The van der Waals surface area contributed by atoms with Crippen LogP contribution in [-0.2, 0) is 9.53 Å². The molecule has 0 bridgehead atoms. The molecule has 0 fully saturated rings. The molecule has 0 spiro atoms. The van der Waals surface area contributed by atoms with Crippen LogP contribution in [0.3, 0.4) is 0 Å². The summed E-state index contributed by atoms with van der Waals surface area (Å²) in [4.78, 5) is 24.8. The fourth-order valence-corrected chi connectivity index (χ4v) is 3.55. The molecule has 2 aromatic carbocycles. The fraction of sp³-hybridized carbons (Fsp3) is 0.227. The van der Waals surface area contributed by atoms with Crippen LogP contribution in [-0.4, -0.2) is 24.1 Å². The molecule has 3 rings (SSSR count). The van der Waals surface area contributed by atoms with Gasteiger partial charge in [0, 0.05) is 10.4 Å². The smallest absolute Gasteiger partial charge is 0.344 e. The number of rotatable bonds is 5. The molecular formula is C22H20N2O4S. The molecule has 1 amide bonds. The number of nitriles is 1. The first-order valence-corrected chi connectivity index (χ1v) is 9.75. The summed E-state index contributed by atoms with van der Waals surface area (Å²) in [7, 11) is 0. The Kier molecular flexibility index (Phi) is 5.85. The Bertz CT molecular complexity index is 1090. The summed E-state index contributed by atoms with van der Waals surface area (Å²) >= 11 is 1.33. The summed E-state index contributed by atoms with van der Waals surface area (Å²) in [5.41, 5.74) is 0.611. The van der Waals surface area contributed by atoms with Gasteiger partial charge in [-0.05, 0) is 68.6 Å². The van der Waals surface area contributed by atoms with Crippen molar-refractivity contribution >= 4 is 39.0 Å². The Morgan fingerprint density at radius 2 is 1.83 bits per heavy atom. The van der Waals surface area contributed by atoms with Gasteiger partial charge < -0.3 is 14.8 Å². The van der Waals surface area contributed by atoms with E-state index in [1.165, 1.54) is 11.3 Å². The molecular weight excluding hydrogens is 388 g/mol. The van der Waals surface area contributed by atoms with Crippen molar-refractivity contribution < 1.29 is 19.1 Å². The maximum Gasteiger partial charge on any atom is 0.344 e. The lowest BCUT2D eigenvalue weighted by atomic mass is 10.2. The summed E-state index contributed by atoms with van der Waals surface area (Å²) in [5.74, 6) is -0.175. The van der Waals surface area contributed by atoms with Crippen LogP contribution in [0, 0.1) is 11.3 Å². The number of ether oxygens (including phenoxy) is 2. The van der Waals surface area contributed by atoms with Crippen molar-refractivity contribution in [3.05, 3.63) is 59.0 Å². The maximum absolute atomic E-state index is 12.5. The Morgan fingerprint density at radius 1 is 1.10 bits per heavy atom. The minimum Gasteiger partial charge on any atom is -0.482 e. The van der Waals surface area contributed by atoms with Gasteiger partial charge in [-0.2, -0.15) is 5.26 Å². The van der Waals surface area contributed by atoms with Crippen molar-refractivity contribution in [1.29, 1.82) is 5.26 Å². The van der Waals surface area contributed by atoms with Gasteiger partial charge in [0.2, 0.25) is 0 Å². The molecule has 148 valence electrons. The first-order chi connectivity index (χ1) is 13.7. The van der Waals surface area contributed by atoms with E-state index in [0.29, 0.717) is 21.9 Å². The minimum atomic E-state index is -0.558. The van der Waals surface area contributed by atoms with E-state index in [2.05, 4.69) is 11.4 Å². The van der Waals surface area contributed by atoms with Crippen LogP contribution in [0.4, 0.5) is 5.69 Å². The Balaban J connectivity index is 1.60. The third-order valence-electron chi connectivity index (χ3n) is 3.76. The van der Waals surface area contributed by atoms with Crippen LogP contribution in [0.5, 0.6) is 5.75 Å². The number of fused-ring (bicyclic) bond motifs is 1. The zero-order valence-electron chi connectivity index (χ0n) is 16.3. The summed E-state index contributed by atoms with van der Waals surface area (Å²) in [6.07, 6.45) is 0. The van der Waals surface area contributed by atoms with Gasteiger partial charge in [-0.3, -0.25) is 4.79 Å². The van der Waals surface area contributed by atoms with E-state index in [4.69, 9.17) is 14.7 Å². The molecule has 0 unspecified atom stereocenters. The van der Waals surface area contributed by atoms with E-state index in [9.17, 15) is 9.59 Å². The molecule has 1 aromatic heterocycles. The van der Waals surface area contributed by atoms with Crippen molar-refractivity contribution in [3.8, 4) is 11.8 Å². The molecule has 0 aliphatic carbocycles. The summed E-state index contributed by atoms with van der Waals surface area (Å²) in [5, 5.41) is 12.7. The topological polar surface area (TPSA) is 88.4 Å². The number of nitrogens with zero attached hydrogens (tertiary/aromatic N) is 1. The lowest BCUT2D eigenvalue weighted by molar-refractivity contribution is -0.157. The number of esters is 1. The number of hydrogen-bond donors (Lipinski definition) is 1. The molecule has 0 saturated heterocycles. The second-order valence-corrected chi connectivity index (χ2v) is 8.41. The molecule has 0 radical (unpaired) electrons. The van der Waals surface area contributed by atoms with Crippen LogP contribution in [0.1, 0.15) is 36.0 Å². The number of nitrogens with one attached hydrogen (secondary N) is 1. The standard InChI is InChI=1S/C22H20N2O4S/c1-22(2,3)28-20(25)13-27-17-8-6-16(7-9-17)24-21(26)19-11-15-5-4-14(12-23)10-18(15)29-19/h4-11H,13H2,1-3H3,(H,24,26). The van der Waals surface area contributed by atoms with Crippen molar-refractivity contribution in [2.45, 2.75) is 26.4 Å². The number of benzene rings is 2. The normalized spacial score (nSPS) is 11.0. The first-order valence-electron chi connectivity index (χ1n) is 8.93. The predicted octanol–water partition coefficient (Wildman–Crippen LogP) is 4.75. The van der Waals surface area contributed by atoms with Gasteiger partial charge in [-0.1, -0.05) is 6.07 Å². The lowest BCUT2D eigenvalue weighted by Crippen LogP contribution is -2.27. The fourth-order valence-electron chi connectivity index (χ4n) is 2.55. The highest BCUT2D eigenvalue weighted by Crippen LogP contribution is 2.27.